The number of hydrogen-bond donors (Lipinski definition) is 1. The Hall–Kier alpha value is -2.41. The summed E-state index contributed by atoms with van der Waals surface area (Å²) < 4.78 is 5.15. The topological polar surface area (TPSA) is 62.6 Å². The molecule has 5 nitrogen and oxygen atoms in total. The summed E-state index contributed by atoms with van der Waals surface area (Å²) >= 11 is 17.3. The highest BCUT2D eigenvalue weighted by atomic mass is 35.5. The van der Waals surface area contributed by atoms with E-state index in [4.69, 9.17) is 39.8 Å². The summed E-state index contributed by atoms with van der Waals surface area (Å²) in [6.45, 7) is 0. The zero-order chi connectivity index (χ0) is 18.0. The van der Waals surface area contributed by atoms with Crippen molar-refractivity contribution in [2.24, 2.45) is 0 Å². The molecule has 0 bridgehead atoms. The lowest BCUT2D eigenvalue weighted by Gasteiger charge is -2.29. The Morgan fingerprint density at radius 2 is 1.96 bits per heavy atom. The van der Waals surface area contributed by atoms with Crippen molar-refractivity contribution in [2.75, 3.05) is 4.90 Å². The van der Waals surface area contributed by atoms with Crippen molar-refractivity contribution in [3.05, 3.63) is 70.1 Å². The van der Waals surface area contributed by atoms with Crippen LogP contribution < -0.4 is 10.2 Å². The molecule has 25 heavy (non-hydrogen) atoms. The predicted octanol–water partition coefficient (Wildman–Crippen LogP) is 3.97. The zero-order valence-corrected chi connectivity index (χ0v) is 14.9. The zero-order valence-electron chi connectivity index (χ0n) is 12.5. The second-order valence-corrected chi connectivity index (χ2v) is 6.10. The number of benzene rings is 1. The Morgan fingerprint density at radius 1 is 1.16 bits per heavy atom. The number of halogens is 2. The van der Waals surface area contributed by atoms with Crippen LogP contribution in [0.1, 0.15) is 5.76 Å². The van der Waals surface area contributed by atoms with E-state index in [-0.39, 0.29) is 20.7 Å². The molecule has 2 amide bonds. The molecule has 8 heteroatoms. The Balaban J connectivity index is 1.95. The van der Waals surface area contributed by atoms with E-state index in [0.717, 1.165) is 4.90 Å². The third-order valence-electron chi connectivity index (χ3n) is 3.34. The maximum Gasteiger partial charge on any atom is 0.270 e. The fourth-order valence-corrected chi connectivity index (χ4v) is 2.84. The summed E-state index contributed by atoms with van der Waals surface area (Å²) in [5.74, 6) is -0.596. The fourth-order valence-electron chi connectivity index (χ4n) is 2.19. The number of carbonyl (C=O) groups excluding carboxylic acids is 2. The summed E-state index contributed by atoms with van der Waals surface area (Å²) in [7, 11) is 0. The normalized spacial score (nSPS) is 16.8. The van der Waals surface area contributed by atoms with Crippen molar-refractivity contribution in [1.29, 1.82) is 0 Å². The summed E-state index contributed by atoms with van der Waals surface area (Å²) in [6, 6.07) is 8.28. The third-order valence-corrected chi connectivity index (χ3v) is 4.43. The number of allylic oxidation sites excluding steroid dienone is 2. The second-order valence-electron chi connectivity index (χ2n) is 4.93. The molecule has 1 aliphatic rings. The third kappa shape index (κ3) is 3.51. The summed E-state index contributed by atoms with van der Waals surface area (Å²) in [5, 5.41) is 2.85. The quantitative estimate of drug-likeness (QED) is 0.487. The molecule has 0 radical (unpaired) electrons. The molecule has 0 atom stereocenters. The summed E-state index contributed by atoms with van der Waals surface area (Å²) in [6.07, 6.45) is 6.06. The van der Waals surface area contributed by atoms with Gasteiger partial charge in [-0.25, -0.2) is 0 Å². The van der Waals surface area contributed by atoms with Gasteiger partial charge in [0.25, 0.3) is 11.8 Å². The van der Waals surface area contributed by atoms with E-state index in [1.807, 2.05) is 0 Å². The highest BCUT2D eigenvalue weighted by Crippen LogP contribution is 2.34. The van der Waals surface area contributed by atoms with Crippen molar-refractivity contribution in [3.63, 3.8) is 0 Å². The van der Waals surface area contributed by atoms with Crippen LogP contribution in [0, 0.1) is 0 Å². The Labute approximate surface area is 158 Å². The molecule has 1 N–H and O–H groups in total. The molecule has 126 valence electrons. The minimum absolute atomic E-state index is 0.0636. The van der Waals surface area contributed by atoms with Gasteiger partial charge in [-0.05, 0) is 48.6 Å². The maximum atomic E-state index is 12.8. The van der Waals surface area contributed by atoms with Crippen LogP contribution in [0.3, 0.4) is 0 Å². The Bertz CT molecular complexity index is 920. The number of nitrogens with one attached hydrogen (secondary N) is 1. The largest absolute Gasteiger partial charge is 0.465 e. The van der Waals surface area contributed by atoms with Gasteiger partial charge in [0.15, 0.2) is 5.11 Å². The highest BCUT2D eigenvalue weighted by Gasteiger charge is 2.35. The monoisotopic (exact) mass is 392 g/mol. The first-order chi connectivity index (χ1) is 12.0. The van der Waals surface area contributed by atoms with Gasteiger partial charge in [-0.2, -0.15) is 0 Å². The van der Waals surface area contributed by atoms with Crippen molar-refractivity contribution < 1.29 is 14.0 Å². The van der Waals surface area contributed by atoms with Crippen LogP contribution >= 0.6 is 35.4 Å². The minimum Gasteiger partial charge on any atom is -0.465 e. The van der Waals surface area contributed by atoms with Crippen molar-refractivity contribution >= 4 is 64.1 Å². The molecule has 1 fully saturated rings. The molecule has 1 aliphatic heterocycles. The molecule has 1 aromatic heterocycles. The molecule has 0 unspecified atom stereocenters. The van der Waals surface area contributed by atoms with Crippen molar-refractivity contribution in [2.45, 2.75) is 0 Å². The van der Waals surface area contributed by atoms with Gasteiger partial charge in [-0.15, -0.1) is 0 Å². The van der Waals surface area contributed by atoms with Gasteiger partial charge in [0, 0.05) is 0 Å². The summed E-state index contributed by atoms with van der Waals surface area (Å²) in [5.41, 5.74) is 0.206. The maximum absolute atomic E-state index is 12.8. The Kier molecular flexibility index (Phi) is 5.03. The van der Waals surface area contributed by atoms with E-state index in [1.165, 1.54) is 18.4 Å². The van der Waals surface area contributed by atoms with Crippen LogP contribution in [0.5, 0.6) is 0 Å². The lowest BCUT2D eigenvalue weighted by atomic mass is 10.1. The van der Waals surface area contributed by atoms with Gasteiger partial charge in [-0.1, -0.05) is 35.3 Å². The lowest BCUT2D eigenvalue weighted by Crippen LogP contribution is -2.54. The van der Waals surface area contributed by atoms with E-state index in [2.05, 4.69) is 5.32 Å². The standard InChI is InChI=1S/C17H10Cl2N2O3S/c18-12-7-2-8-13(14(12)19)21-16(23)11(15(22)20-17(21)25)6-1-4-10-5-3-9-24-10/h1-9H,(H,20,22,25)/b4-1+,11-6-. The number of carbonyl (C=O) groups is 2. The average molecular weight is 393 g/mol. The van der Waals surface area contributed by atoms with Crippen LogP contribution in [0.25, 0.3) is 6.08 Å². The second kappa shape index (κ2) is 7.23. The number of anilines is 1. The molecule has 3 rings (SSSR count). The molecule has 2 aromatic rings. The van der Waals surface area contributed by atoms with Gasteiger partial charge in [0.2, 0.25) is 0 Å². The van der Waals surface area contributed by atoms with E-state index >= 15 is 0 Å². The average Bonchev–Trinajstić information content (AvgIpc) is 3.07. The van der Waals surface area contributed by atoms with Crippen LogP contribution in [0.4, 0.5) is 5.69 Å². The van der Waals surface area contributed by atoms with Crippen molar-refractivity contribution in [3.8, 4) is 0 Å². The van der Waals surface area contributed by atoms with E-state index in [0.29, 0.717) is 11.4 Å². The smallest absolute Gasteiger partial charge is 0.270 e. The number of rotatable bonds is 3. The van der Waals surface area contributed by atoms with Crippen molar-refractivity contribution in [1.82, 2.24) is 5.32 Å². The fraction of sp³-hybridized carbons (Fsp3) is 0. The molecule has 1 saturated heterocycles. The predicted molar refractivity (Wildman–Crippen MR) is 101 cm³/mol. The molecule has 0 saturated carbocycles. The molecule has 2 heterocycles. The number of hydrogen-bond acceptors (Lipinski definition) is 4. The minimum atomic E-state index is -0.595. The van der Waals surface area contributed by atoms with E-state index in [1.54, 1.807) is 36.4 Å². The van der Waals surface area contributed by atoms with Crippen LogP contribution in [0.15, 0.2) is 58.7 Å². The molecular formula is C17H10Cl2N2O3S. The van der Waals surface area contributed by atoms with Gasteiger partial charge in [-0.3, -0.25) is 19.8 Å². The first-order valence-electron chi connectivity index (χ1n) is 7.04. The van der Waals surface area contributed by atoms with Gasteiger partial charge < -0.3 is 4.42 Å². The first-order valence-corrected chi connectivity index (χ1v) is 8.21. The molecule has 1 aromatic carbocycles. The molecular weight excluding hydrogens is 383 g/mol. The highest BCUT2D eigenvalue weighted by molar-refractivity contribution is 7.80. The van der Waals surface area contributed by atoms with Crippen LogP contribution in [-0.2, 0) is 9.59 Å². The van der Waals surface area contributed by atoms with Crippen LogP contribution in [-0.4, -0.2) is 16.9 Å². The number of amides is 2. The van der Waals surface area contributed by atoms with Gasteiger partial charge in [0.05, 0.1) is 22.0 Å². The van der Waals surface area contributed by atoms with Gasteiger partial charge >= 0.3 is 0 Å². The number of furan rings is 1. The molecule has 0 spiro atoms. The number of thiocarbonyl (C=S) groups is 1. The lowest BCUT2D eigenvalue weighted by molar-refractivity contribution is -0.122. The summed E-state index contributed by atoms with van der Waals surface area (Å²) in [4.78, 5) is 26.0. The first kappa shape index (κ1) is 17.4. The van der Waals surface area contributed by atoms with Crippen LogP contribution in [0.2, 0.25) is 10.0 Å². The van der Waals surface area contributed by atoms with Gasteiger partial charge in [0.1, 0.15) is 11.3 Å². The number of nitrogens with zero attached hydrogens (tertiary/aromatic N) is 1. The molecule has 0 aliphatic carbocycles. The SMILES string of the molecule is O=C1NC(=S)N(c2cccc(Cl)c2Cl)C(=O)/C1=C\C=C\c1ccco1. The Morgan fingerprint density at radius 3 is 2.68 bits per heavy atom. The van der Waals surface area contributed by atoms with E-state index < -0.39 is 11.8 Å². The van der Waals surface area contributed by atoms with E-state index in [9.17, 15) is 9.59 Å².